The minimum Gasteiger partial charge on any atom is -0.265 e. The molecule has 0 fully saturated rings. The van der Waals surface area contributed by atoms with E-state index in [2.05, 4.69) is 20.0 Å². The maximum atomic E-state index is 4.16. The minimum atomic E-state index is 1.73. The first-order valence-corrected chi connectivity index (χ1v) is 11.4. The second kappa shape index (κ2) is 26.3. The third-order valence-corrected chi connectivity index (χ3v) is 3.60. The van der Waals surface area contributed by atoms with Gasteiger partial charge in [0.25, 0.3) is 0 Å². The smallest absolute Gasteiger partial charge is 0.0267 e. The Labute approximate surface area is 215 Å². The van der Waals surface area contributed by atoms with Crippen molar-refractivity contribution in [1.82, 2.24) is 0 Å². The summed E-state index contributed by atoms with van der Waals surface area (Å²) in [6.45, 7) is 0. The molecule has 1 aliphatic rings. The first-order chi connectivity index (χ1) is 18.0. The van der Waals surface area contributed by atoms with Crippen LogP contribution >= 0.6 is 0 Å². The molecule has 0 saturated heterocycles. The average molecular weight is 473 g/mol. The standard InChI is InChI=1S/C32H32N4/c1-2-10-18-26-34-28-20-12-5-6-14-22-30-36-32-24-16-8-7-15-23-31-35-29-21-13-4-3-11-19-27-33-25-17-9-1/h1-32H. The third kappa shape index (κ3) is 23.7. The molecule has 0 saturated carbocycles. The molecule has 0 aromatic carbocycles. The summed E-state index contributed by atoms with van der Waals surface area (Å²) in [5, 5.41) is 0. The number of aliphatic imine (C=N–C) groups is 4. The van der Waals surface area contributed by atoms with Crippen molar-refractivity contribution in [2.45, 2.75) is 0 Å². The van der Waals surface area contributed by atoms with Gasteiger partial charge in [0, 0.05) is 49.7 Å². The van der Waals surface area contributed by atoms with E-state index in [4.69, 9.17) is 0 Å². The molecule has 0 bridgehead atoms. The molecule has 0 radical (unpaired) electrons. The molecule has 4 heteroatoms. The minimum absolute atomic E-state index is 1.73. The number of hydrogen-bond acceptors (Lipinski definition) is 4. The number of hydrogen-bond donors (Lipinski definition) is 0. The van der Waals surface area contributed by atoms with Crippen LogP contribution in [0, 0.1) is 0 Å². The van der Waals surface area contributed by atoms with Crippen LogP contribution in [0.2, 0.25) is 0 Å². The highest BCUT2D eigenvalue weighted by atomic mass is 14.7. The Hall–Kier alpha value is -4.96. The second-order valence-corrected chi connectivity index (χ2v) is 6.41. The lowest BCUT2D eigenvalue weighted by Crippen LogP contribution is -1.62. The van der Waals surface area contributed by atoms with E-state index in [1.165, 1.54) is 0 Å². The number of rotatable bonds is 0. The molecule has 0 aromatic heterocycles. The van der Waals surface area contributed by atoms with Gasteiger partial charge in [0.2, 0.25) is 0 Å². The van der Waals surface area contributed by atoms with Gasteiger partial charge in [-0.1, -0.05) is 97.2 Å². The largest absolute Gasteiger partial charge is 0.265 e. The van der Waals surface area contributed by atoms with Gasteiger partial charge in [0.15, 0.2) is 0 Å². The maximum absolute atomic E-state index is 4.16. The summed E-state index contributed by atoms with van der Waals surface area (Å²) in [5.41, 5.74) is 0. The quantitative estimate of drug-likeness (QED) is 0.344. The van der Waals surface area contributed by atoms with Crippen molar-refractivity contribution < 1.29 is 0 Å². The number of allylic oxidation sites excluding steroid dienone is 24. The molecule has 0 aromatic rings. The summed E-state index contributed by atoms with van der Waals surface area (Å²) in [5.74, 6) is 0. The summed E-state index contributed by atoms with van der Waals surface area (Å²) in [7, 11) is 0. The highest BCUT2D eigenvalue weighted by Gasteiger charge is 1.68. The lowest BCUT2D eigenvalue weighted by atomic mass is 10.4. The van der Waals surface area contributed by atoms with Crippen molar-refractivity contribution in [2.75, 3.05) is 0 Å². The van der Waals surface area contributed by atoms with E-state index in [-0.39, 0.29) is 0 Å². The Morgan fingerprint density at radius 2 is 0.333 bits per heavy atom. The Kier molecular flexibility index (Phi) is 21.2. The first-order valence-electron chi connectivity index (χ1n) is 11.4. The molecule has 0 spiro atoms. The van der Waals surface area contributed by atoms with E-state index < -0.39 is 0 Å². The molecule has 0 N–H and O–H groups in total. The van der Waals surface area contributed by atoms with E-state index in [0.717, 1.165) is 0 Å². The molecule has 0 unspecified atom stereocenters. The summed E-state index contributed by atoms with van der Waals surface area (Å²) < 4.78 is 0. The third-order valence-electron chi connectivity index (χ3n) is 3.60. The predicted octanol–water partition coefficient (Wildman–Crippen LogP) is 7.90. The molecule has 0 aliphatic carbocycles. The van der Waals surface area contributed by atoms with Crippen LogP contribution in [0.25, 0.3) is 0 Å². The van der Waals surface area contributed by atoms with Crippen LogP contribution in [0.3, 0.4) is 0 Å². The zero-order valence-electron chi connectivity index (χ0n) is 20.3. The predicted molar refractivity (Wildman–Crippen MR) is 162 cm³/mol. The van der Waals surface area contributed by atoms with Gasteiger partial charge in [0.05, 0.1) is 0 Å². The normalized spacial score (nSPS) is 16.0. The van der Waals surface area contributed by atoms with E-state index in [1.54, 1.807) is 49.7 Å². The van der Waals surface area contributed by atoms with E-state index in [1.807, 2.05) is 146 Å². The monoisotopic (exact) mass is 472 g/mol. The topological polar surface area (TPSA) is 49.4 Å². The molecular weight excluding hydrogens is 440 g/mol. The van der Waals surface area contributed by atoms with Gasteiger partial charge >= 0.3 is 0 Å². The van der Waals surface area contributed by atoms with Crippen molar-refractivity contribution in [2.24, 2.45) is 20.0 Å². The van der Waals surface area contributed by atoms with Crippen LogP contribution in [0.15, 0.2) is 191 Å². The fraction of sp³-hybridized carbons (Fsp3) is 0. The fourth-order valence-corrected chi connectivity index (χ4v) is 2.02. The molecule has 36 heavy (non-hydrogen) atoms. The highest BCUT2D eigenvalue weighted by molar-refractivity contribution is 5.73. The van der Waals surface area contributed by atoms with Gasteiger partial charge in [-0.3, -0.25) is 20.0 Å². The summed E-state index contributed by atoms with van der Waals surface area (Å²) in [4.78, 5) is 16.6. The van der Waals surface area contributed by atoms with Crippen LogP contribution < -0.4 is 0 Å². The maximum Gasteiger partial charge on any atom is 0.0267 e. The van der Waals surface area contributed by atoms with Crippen LogP contribution in [0.1, 0.15) is 0 Å². The SMILES string of the molecule is C1=CC=CC=NC=CC=CC=CC=CN=CC=CC=CC=CC=NC=CC=CC=CC=CN=CC=C1. The van der Waals surface area contributed by atoms with E-state index in [9.17, 15) is 0 Å². The summed E-state index contributed by atoms with van der Waals surface area (Å²) in [6, 6.07) is 0. The zero-order valence-corrected chi connectivity index (χ0v) is 20.3. The molecule has 1 aliphatic heterocycles. The van der Waals surface area contributed by atoms with Gasteiger partial charge in [-0.05, 0) is 48.6 Å². The summed E-state index contributed by atoms with van der Waals surface area (Å²) >= 11 is 0. The number of nitrogens with zero attached hydrogens (tertiary/aromatic N) is 4. The van der Waals surface area contributed by atoms with Gasteiger partial charge < -0.3 is 0 Å². The lowest BCUT2D eigenvalue weighted by molar-refractivity contribution is 1.59. The van der Waals surface area contributed by atoms with Crippen LogP contribution in [-0.4, -0.2) is 24.9 Å². The van der Waals surface area contributed by atoms with Gasteiger partial charge in [-0.25, -0.2) is 0 Å². The van der Waals surface area contributed by atoms with E-state index >= 15 is 0 Å². The Morgan fingerprint density at radius 1 is 0.167 bits per heavy atom. The lowest BCUT2D eigenvalue weighted by Gasteiger charge is -1.77. The Balaban J connectivity index is 2.67. The first kappa shape index (κ1) is 29.1. The van der Waals surface area contributed by atoms with Gasteiger partial charge in [-0.15, -0.1) is 0 Å². The molecule has 0 amide bonds. The molecule has 180 valence electrons. The van der Waals surface area contributed by atoms with Crippen molar-refractivity contribution >= 4 is 24.9 Å². The van der Waals surface area contributed by atoms with Gasteiger partial charge in [0.1, 0.15) is 0 Å². The average Bonchev–Trinajstić information content (AvgIpc) is 2.89. The van der Waals surface area contributed by atoms with Crippen LogP contribution in [0.4, 0.5) is 0 Å². The molecule has 1 rings (SSSR count). The van der Waals surface area contributed by atoms with Crippen LogP contribution in [0.5, 0.6) is 0 Å². The fourth-order valence-electron chi connectivity index (χ4n) is 2.02. The van der Waals surface area contributed by atoms with Crippen molar-refractivity contribution in [3.05, 3.63) is 171 Å². The van der Waals surface area contributed by atoms with Gasteiger partial charge in [-0.2, -0.15) is 0 Å². The summed E-state index contributed by atoms with van der Waals surface area (Å²) in [6.07, 6.45) is 59.4. The van der Waals surface area contributed by atoms with Crippen molar-refractivity contribution in [3.63, 3.8) is 0 Å². The van der Waals surface area contributed by atoms with Crippen LogP contribution in [-0.2, 0) is 0 Å². The molecule has 1 heterocycles. The Morgan fingerprint density at radius 3 is 0.556 bits per heavy atom. The zero-order chi connectivity index (χ0) is 25.5. The Bertz CT molecular complexity index is 667. The molecule has 4 nitrogen and oxygen atoms in total. The van der Waals surface area contributed by atoms with Crippen molar-refractivity contribution in [3.8, 4) is 0 Å². The molecular formula is C32H32N4. The highest BCUT2D eigenvalue weighted by Crippen LogP contribution is 1.86. The molecule has 0 atom stereocenters. The second-order valence-electron chi connectivity index (χ2n) is 6.41. The van der Waals surface area contributed by atoms with Crippen molar-refractivity contribution in [1.29, 1.82) is 0 Å². The van der Waals surface area contributed by atoms with E-state index in [0.29, 0.717) is 0 Å².